The smallest absolute Gasteiger partial charge is 0.501 e. The summed E-state index contributed by atoms with van der Waals surface area (Å²) in [5.41, 5.74) is 2.66. The van der Waals surface area contributed by atoms with Crippen molar-refractivity contribution in [3.05, 3.63) is 60.2 Å². The Hall–Kier alpha value is -1.64. The van der Waals surface area contributed by atoms with Crippen molar-refractivity contribution >= 4 is 28.0 Å². The number of rotatable bonds is 52. The van der Waals surface area contributed by atoms with Gasteiger partial charge in [0.25, 0.3) is 0 Å². The number of aromatic nitrogens is 2. The van der Waals surface area contributed by atoms with Crippen molar-refractivity contribution in [1.82, 2.24) is 0 Å². The molecule has 0 saturated carbocycles. The van der Waals surface area contributed by atoms with Gasteiger partial charge in [-0.1, -0.05) is 194 Å². The zero-order valence-electron chi connectivity index (χ0n) is 51.1. The van der Waals surface area contributed by atoms with E-state index in [2.05, 4.69) is 72.0 Å². The molecule has 0 aromatic carbocycles. The second-order valence-electron chi connectivity index (χ2n) is 20.9. The van der Waals surface area contributed by atoms with E-state index in [1.54, 1.807) is 0 Å². The third kappa shape index (κ3) is 47.7. The highest BCUT2D eigenvalue weighted by Gasteiger charge is 2.40. The van der Waals surface area contributed by atoms with E-state index in [-0.39, 0.29) is 0 Å². The van der Waals surface area contributed by atoms with Crippen LogP contribution in [0.15, 0.2) is 49.1 Å². The summed E-state index contributed by atoms with van der Waals surface area (Å²) >= 11 is 0. The molecule has 0 aliphatic heterocycles. The first kappa shape index (κ1) is 75.4. The van der Waals surface area contributed by atoms with Crippen molar-refractivity contribution in [3.63, 3.8) is 0 Å². The van der Waals surface area contributed by atoms with Crippen LogP contribution in [0.4, 0.5) is 0 Å². The van der Waals surface area contributed by atoms with Crippen molar-refractivity contribution in [2.45, 2.75) is 299 Å². The van der Waals surface area contributed by atoms with Crippen LogP contribution in [0.3, 0.4) is 0 Å². The highest BCUT2D eigenvalue weighted by atomic mass is 32.3. The van der Waals surface area contributed by atoms with E-state index in [0.717, 1.165) is 38.0 Å². The lowest BCUT2D eigenvalue weighted by Gasteiger charge is -2.28. The molecule has 0 atom stereocenters. The summed E-state index contributed by atoms with van der Waals surface area (Å²) in [5.74, 6) is 0. The summed E-state index contributed by atoms with van der Waals surface area (Å²) in [4.78, 5) is 0. The predicted molar refractivity (Wildman–Crippen MR) is 321 cm³/mol. The van der Waals surface area contributed by atoms with Gasteiger partial charge in [0.15, 0.2) is 24.8 Å². The molecule has 0 radical (unpaired) electrons. The fourth-order valence-electron chi connectivity index (χ4n) is 9.89. The first-order chi connectivity index (χ1) is 37.4. The Kier molecular flexibility index (Phi) is 52.5. The molecule has 0 aliphatic rings. The molecule has 15 heteroatoms. The maximum absolute atomic E-state index is 8.52. The number of nitrogens with zero attached hydrogens (tertiary/aromatic N) is 2. The first-order valence-corrected chi connectivity index (χ1v) is 37.0. The van der Waals surface area contributed by atoms with Gasteiger partial charge in [-0.15, -0.1) is 0 Å². The summed E-state index contributed by atoms with van der Waals surface area (Å²) in [6.07, 6.45) is 56.2. The lowest BCUT2D eigenvalue weighted by atomic mass is 10.0. The molecule has 0 amide bonds. The Labute approximate surface area is 477 Å². The van der Waals surface area contributed by atoms with Crippen LogP contribution in [0.2, 0.25) is 12.1 Å². The fraction of sp³-hybridized carbons (Fsp3) is 0.839. The summed E-state index contributed by atoms with van der Waals surface area (Å²) < 4.78 is 74.6. The Bertz CT molecular complexity index is 1500. The molecule has 2 aromatic heterocycles. The van der Waals surface area contributed by atoms with Crippen LogP contribution in [-0.2, 0) is 62.9 Å². The predicted octanol–water partition coefficient (Wildman–Crippen LogP) is 16.3. The van der Waals surface area contributed by atoms with E-state index in [4.69, 9.17) is 44.1 Å². The maximum Gasteiger partial charge on any atom is 0.501 e. The molecule has 0 saturated heterocycles. The summed E-state index contributed by atoms with van der Waals surface area (Å²) in [5, 5.41) is 0. The Balaban J connectivity index is 0.00000138. The third-order valence-electron chi connectivity index (χ3n) is 14.1. The van der Waals surface area contributed by atoms with Crippen molar-refractivity contribution < 1.29 is 53.2 Å². The zero-order valence-corrected chi connectivity index (χ0v) is 53.9. The molecule has 0 unspecified atom stereocenters. The van der Waals surface area contributed by atoms with Crippen LogP contribution in [0.5, 0.6) is 0 Å². The summed E-state index contributed by atoms with van der Waals surface area (Å²) in [7, 11) is -10.3. The average Bonchev–Trinajstić information content (AvgIpc) is 3.40. The molecule has 0 spiro atoms. The minimum Gasteiger partial charge on any atom is -0.759 e. The topological polar surface area (TPSA) is 143 Å². The van der Waals surface area contributed by atoms with Gasteiger partial charge < -0.3 is 35.7 Å². The normalized spacial score (nSPS) is 11.9. The minimum atomic E-state index is -5.17. The first-order valence-electron chi connectivity index (χ1n) is 31.8. The molecular weight excluding hydrogens is 1020 g/mol. The second kappa shape index (κ2) is 53.7. The van der Waals surface area contributed by atoms with E-state index in [1.165, 1.54) is 217 Å². The van der Waals surface area contributed by atoms with Crippen LogP contribution >= 0.6 is 0 Å². The number of hydrogen-bond acceptors (Lipinski definition) is 10. The number of pyridine rings is 2. The van der Waals surface area contributed by atoms with Crippen LogP contribution in [0.25, 0.3) is 0 Å². The number of aryl methyl sites for hydroxylation is 4. The van der Waals surface area contributed by atoms with E-state index in [1.807, 2.05) is 41.5 Å². The molecule has 2 heterocycles. The Morgan fingerprint density at radius 2 is 0.519 bits per heavy atom. The molecule has 0 aliphatic carbocycles. The minimum absolute atomic E-state index is 0.639. The molecule has 0 fully saturated rings. The number of unbranched alkanes of at least 4 members (excludes halogenated alkanes) is 30. The molecular formula is C62H120N2O10SSi2. The number of hydrogen-bond donors (Lipinski definition) is 0. The van der Waals surface area contributed by atoms with Gasteiger partial charge in [-0.05, 0) is 78.4 Å². The van der Waals surface area contributed by atoms with Crippen LogP contribution in [0, 0.1) is 0 Å². The molecule has 452 valence electrons. The maximum atomic E-state index is 8.52. The van der Waals surface area contributed by atoms with Crippen molar-refractivity contribution in [1.29, 1.82) is 0 Å². The van der Waals surface area contributed by atoms with E-state index < -0.39 is 28.0 Å². The van der Waals surface area contributed by atoms with Gasteiger partial charge in [-0.2, -0.15) is 0 Å². The molecule has 0 N–H and O–H groups in total. The third-order valence-corrected chi connectivity index (χ3v) is 20.2. The second-order valence-corrected chi connectivity index (χ2v) is 27.1. The van der Waals surface area contributed by atoms with Crippen LogP contribution in [0.1, 0.15) is 272 Å². The van der Waals surface area contributed by atoms with E-state index in [0.29, 0.717) is 39.6 Å². The lowest BCUT2D eigenvalue weighted by molar-refractivity contribution is -0.697. The molecule has 12 nitrogen and oxygen atoms in total. The van der Waals surface area contributed by atoms with Crippen molar-refractivity contribution in [3.8, 4) is 0 Å². The van der Waals surface area contributed by atoms with Gasteiger partial charge in [-0.25, -0.2) is 9.13 Å². The fourth-order valence-corrected chi connectivity index (χ4v) is 15.1. The summed E-state index contributed by atoms with van der Waals surface area (Å²) in [6.45, 7) is 22.8. The Morgan fingerprint density at radius 1 is 0.338 bits per heavy atom. The lowest BCUT2D eigenvalue weighted by Crippen LogP contribution is -2.46. The van der Waals surface area contributed by atoms with E-state index >= 15 is 0 Å². The molecule has 0 bridgehead atoms. The average molecular weight is 1140 g/mol. The highest BCUT2D eigenvalue weighted by Crippen LogP contribution is 2.21. The van der Waals surface area contributed by atoms with Gasteiger partial charge >= 0.3 is 17.6 Å². The molecule has 2 aromatic rings. The highest BCUT2D eigenvalue weighted by molar-refractivity contribution is 7.79. The molecule has 77 heavy (non-hydrogen) atoms. The van der Waals surface area contributed by atoms with Crippen molar-refractivity contribution in [2.75, 3.05) is 39.6 Å². The van der Waals surface area contributed by atoms with Gasteiger partial charge in [0.2, 0.25) is 0 Å². The van der Waals surface area contributed by atoms with Gasteiger partial charge in [0.1, 0.15) is 13.1 Å². The Morgan fingerprint density at radius 3 is 0.701 bits per heavy atom. The molecule has 2 rings (SSSR count). The van der Waals surface area contributed by atoms with Gasteiger partial charge in [-0.3, -0.25) is 8.42 Å². The van der Waals surface area contributed by atoms with E-state index in [9.17, 15) is 0 Å². The van der Waals surface area contributed by atoms with Gasteiger partial charge in [0, 0.05) is 99.2 Å². The largest absolute Gasteiger partial charge is 0.759 e. The monoisotopic (exact) mass is 1140 g/mol. The SMILES string of the molecule is CCCCCCCCCCCCCCCCCC[n+]1ccc(CC[Si](OCC)(OCC)OCC)cc1.CCCCCCCCCCCCCCCCCC[n+]1ccc(CC[Si](OCC)(OCC)OCC)cc1.O=S(=O)([O-])[O-]. The quantitative estimate of drug-likeness (QED) is 0.0206. The summed E-state index contributed by atoms with van der Waals surface area (Å²) in [6, 6.07) is 10.7. The van der Waals surface area contributed by atoms with Gasteiger partial charge in [0.05, 0.1) is 0 Å². The standard InChI is InChI=1S/2C31H60NO3Si.H2O4S/c2*1-5-9-10-11-12-13-14-15-16-17-18-19-20-21-22-23-27-32-28-24-31(25-29-32)26-30-36(33-6-2,34-7-3)35-8-4;1-5(2,3)4/h2*24-25,28-29H,5-23,26-27,30H2,1-4H3;(H2,1,2,3,4)/q2*+1;/p-2. The van der Waals surface area contributed by atoms with Crippen molar-refractivity contribution in [2.24, 2.45) is 0 Å². The van der Waals surface area contributed by atoms with Crippen LogP contribution < -0.4 is 9.13 Å². The zero-order chi connectivity index (χ0) is 56.8. The van der Waals surface area contributed by atoms with Crippen LogP contribution in [-0.4, -0.2) is 74.8 Å².